The van der Waals surface area contributed by atoms with E-state index in [1.807, 2.05) is 55.5 Å². The number of amides is 1. The highest BCUT2D eigenvalue weighted by Gasteiger charge is 2.06. The van der Waals surface area contributed by atoms with Gasteiger partial charge in [0, 0.05) is 28.6 Å². The van der Waals surface area contributed by atoms with Crippen LogP contribution in [0.5, 0.6) is 0 Å². The first-order valence-corrected chi connectivity index (χ1v) is 9.03. The molecule has 1 N–H and O–H groups in total. The van der Waals surface area contributed by atoms with Crippen LogP contribution in [0.1, 0.15) is 21.6 Å². The van der Waals surface area contributed by atoms with Gasteiger partial charge in [0.2, 0.25) is 5.91 Å². The highest BCUT2D eigenvalue weighted by atomic mass is 35.5. The highest BCUT2D eigenvalue weighted by Crippen LogP contribution is 2.22. The predicted octanol–water partition coefficient (Wildman–Crippen LogP) is 5.35. The lowest BCUT2D eigenvalue weighted by atomic mass is 10.1. The molecule has 0 unspecified atom stereocenters. The Hall–Kier alpha value is -2.43. The van der Waals surface area contributed by atoms with E-state index < -0.39 is 0 Å². The molecule has 0 aliphatic carbocycles. The zero-order valence-corrected chi connectivity index (χ0v) is 15.3. The largest absolute Gasteiger partial charge is 0.298 e. The summed E-state index contributed by atoms with van der Waals surface area (Å²) in [5, 5.41) is 4.11. The van der Waals surface area contributed by atoms with Crippen LogP contribution in [0.4, 0.5) is 5.13 Å². The lowest BCUT2D eigenvalue weighted by Crippen LogP contribution is -2.07. The van der Waals surface area contributed by atoms with Crippen molar-refractivity contribution >= 4 is 40.1 Å². The normalized spacial score (nSPS) is 11.0. The zero-order chi connectivity index (χ0) is 17.6. The van der Waals surface area contributed by atoms with Gasteiger partial charge in [0.15, 0.2) is 5.13 Å². The van der Waals surface area contributed by atoms with E-state index in [4.69, 9.17) is 11.6 Å². The average Bonchev–Trinajstić information content (AvgIpc) is 3.01. The Morgan fingerprint density at radius 3 is 2.80 bits per heavy atom. The SMILES string of the molecule is Cc1ccc(/C=C/C(=O)Nc2ncc(Cc3cccc(Cl)c3)s2)cc1. The second kappa shape index (κ2) is 8.10. The number of nitrogens with one attached hydrogen (secondary N) is 1. The van der Waals surface area contributed by atoms with Crippen molar-refractivity contribution in [2.24, 2.45) is 0 Å². The third-order valence-corrected chi connectivity index (χ3v) is 4.70. The Labute approximate surface area is 156 Å². The van der Waals surface area contributed by atoms with Crippen LogP contribution < -0.4 is 5.32 Å². The third kappa shape index (κ3) is 5.28. The number of carbonyl (C=O) groups excluding carboxylic acids is 1. The minimum Gasteiger partial charge on any atom is -0.298 e. The first-order valence-electron chi connectivity index (χ1n) is 7.83. The summed E-state index contributed by atoms with van der Waals surface area (Å²) in [4.78, 5) is 17.3. The summed E-state index contributed by atoms with van der Waals surface area (Å²) in [6.07, 6.45) is 5.83. The maximum absolute atomic E-state index is 12.0. The maximum Gasteiger partial charge on any atom is 0.250 e. The standard InChI is InChI=1S/C20H17ClN2OS/c1-14-5-7-15(8-6-14)9-10-19(24)23-20-22-13-18(25-20)12-16-3-2-4-17(21)11-16/h2-11,13H,12H2,1H3,(H,22,23,24)/b10-9+. The van der Waals surface area contributed by atoms with Crippen LogP contribution in [-0.4, -0.2) is 10.9 Å². The Kier molecular flexibility index (Phi) is 5.64. The van der Waals surface area contributed by atoms with Gasteiger partial charge in [0.1, 0.15) is 0 Å². The van der Waals surface area contributed by atoms with Gasteiger partial charge in [-0.05, 0) is 36.3 Å². The fourth-order valence-corrected chi connectivity index (χ4v) is 3.35. The quantitative estimate of drug-likeness (QED) is 0.617. The van der Waals surface area contributed by atoms with E-state index in [0.29, 0.717) is 5.13 Å². The fourth-order valence-electron chi connectivity index (χ4n) is 2.29. The highest BCUT2D eigenvalue weighted by molar-refractivity contribution is 7.15. The molecule has 5 heteroatoms. The van der Waals surface area contributed by atoms with Gasteiger partial charge in [-0.15, -0.1) is 11.3 Å². The van der Waals surface area contributed by atoms with Crippen molar-refractivity contribution in [1.82, 2.24) is 4.98 Å². The summed E-state index contributed by atoms with van der Waals surface area (Å²) < 4.78 is 0. The number of hydrogen-bond acceptors (Lipinski definition) is 3. The van der Waals surface area contributed by atoms with E-state index in [-0.39, 0.29) is 5.91 Å². The minimum atomic E-state index is -0.191. The van der Waals surface area contributed by atoms with Gasteiger partial charge >= 0.3 is 0 Å². The second-order valence-electron chi connectivity index (χ2n) is 5.67. The number of carbonyl (C=O) groups is 1. The molecule has 0 aliphatic heterocycles. The molecule has 0 radical (unpaired) electrons. The number of aryl methyl sites for hydroxylation is 1. The Morgan fingerprint density at radius 2 is 2.04 bits per heavy atom. The predicted molar refractivity (Wildman–Crippen MR) is 105 cm³/mol. The zero-order valence-electron chi connectivity index (χ0n) is 13.7. The molecular weight excluding hydrogens is 352 g/mol. The molecule has 0 fully saturated rings. The lowest BCUT2D eigenvalue weighted by Gasteiger charge is -1.99. The van der Waals surface area contributed by atoms with Gasteiger partial charge in [0.05, 0.1) is 0 Å². The second-order valence-corrected chi connectivity index (χ2v) is 7.22. The van der Waals surface area contributed by atoms with Crippen molar-refractivity contribution in [3.8, 4) is 0 Å². The summed E-state index contributed by atoms with van der Waals surface area (Å²) >= 11 is 7.47. The monoisotopic (exact) mass is 368 g/mol. The molecule has 126 valence electrons. The van der Waals surface area contributed by atoms with Crippen molar-refractivity contribution in [2.45, 2.75) is 13.3 Å². The van der Waals surface area contributed by atoms with Gasteiger partial charge in [-0.25, -0.2) is 4.98 Å². The van der Waals surface area contributed by atoms with E-state index in [1.54, 1.807) is 12.3 Å². The van der Waals surface area contributed by atoms with Crippen LogP contribution in [0.3, 0.4) is 0 Å². The molecule has 0 atom stereocenters. The fraction of sp³-hybridized carbons (Fsp3) is 0.100. The van der Waals surface area contributed by atoms with Gasteiger partial charge in [-0.1, -0.05) is 53.6 Å². The topological polar surface area (TPSA) is 42.0 Å². The minimum absolute atomic E-state index is 0.191. The number of rotatable bonds is 5. The first kappa shape index (κ1) is 17.4. The molecule has 1 heterocycles. The number of benzene rings is 2. The van der Waals surface area contributed by atoms with E-state index in [0.717, 1.165) is 27.4 Å². The van der Waals surface area contributed by atoms with Crippen LogP contribution in [0.2, 0.25) is 5.02 Å². The van der Waals surface area contributed by atoms with Crippen molar-refractivity contribution < 1.29 is 4.79 Å². The van der Waals surface area contributed by atoms with Crippen molar-refractivity contribution in [3.63, 3.8) is 0 Å². The molecule has 0 saturated heterocycles. The molecule has 0 aliphatic rings. The van der Waals surface area contributed by atoms with Crippen LogP contribution in [-0.2, 0) is 11.2 Å². The molecule has 3 aromatic rings. The molecule has 3 nitrogen and oxygen atoms in total. The smallest absolute Gasteiger partial charge is 0.250 e. The molecule has 0 bridgehead atoms. The van der Waals surface area contributed by atoms with Crippen LogP contribution in [0.15, 0.2) is 60.8 Å². The summed E-state index contributed by atoms with van der Waals surface area (Å²) in [7, 11) is 0. The van der Waals surface area contributed by atoms with Crippen molar-refractivity contribution in [3.05, 3.63) is 87.4 Å². The number of aromatic nitrogens is 1. The summed E-state index contributed by atoms with van der Waals surface area (Å²) in [6.45, 7) is 2.03. The molecule has 0 spiro atoms. The Morgan fingerprint density at radius 1 is 1.24 bits per heavy atom. The average molecular weight is 369 g/mol. The summed E-state index contributed by atoms with van der Waals surface area (Å²) in [6, 6.07) is 15.7. The number of nitrogens with zero attached hydrogens (tertiary/aromatic N) is 1. The van der Waals surface area contributed by atoms with E-state index in [2.05, 4.69) is 10.3 Å². The van der Waals surface area contributed by atoms with E-state index in [1.165, 1.54) is 23.0 Å². The van der Waals surface area contributed by atoms with E-state index >= 15 is 0 Å². The van der Waals surface area contributed by atoms with Gasteiger partial charge < -0.3 is 0 Å². The summed E-state index contributed by atoms with van der Waals surface area (Å²) in [5.41, 5.74) is 3.30. The van der Waals surface area contributed by atoms with Crippen molar-refractivity contribution in [2.75, 3.05) is 5.32 Å². The number of anilines is 1. The van der Waals surface area contributed by atoms with Gasteiger partial charge in [-0.3, -0.25) is 10.1 Å². The van der Waals surface area contributed by atoms with Gasteiger partial charge in [0.25, 0.3) is 0 Å². The molecule has 3 rings (SSSR count). The van der Waals surface area contributed by atoms with Crippen LogP contribution in [0.25, 0.3) is 6.08 Å². The molecule has 1 amide bonds. The molecule has 25 heavy (non-hydrogen) atoms. The van der Waals surface area contributed by atoms with E-state index in [9.17, 15) is 4.79 Å². The number of halogens is 1. The molecular formula is C20H17ClN2OS. The third-order valence-electron chi connectivity index (χ3n) is 3.56. The molecule has 1 aromatic heterocycles. The number of hydrogen-bond donors (Lipinski definition) is 1. The first-order chi connectivity index (χ1) is 12.1. The van der Waals surface area contributed by atoms with Crippen LogP contribution >= 0.6 is 22.9 Å². The maximum atomic E-state index is 12.0. The Balaban J connectivity index is 1.59. The molecule has 0 saturated carbocycles. The van der Waals surface area contributed by atoms with Crippen molar-refractivity contribution in [1.29, 1.82) is 0 Å². The lowest BCUT2D eigenvalue weighted by molar-refractivity contribution is -0.111. The Bertz CT molecular complexity index is 900. The van der Waals surface area contributed by atoms with Gasteiger partial charge in [-0.2, -0.15) is 0 Å². The van der Waals surface area contributed by atoms with Crippen LogP contribution in [0, 0.1) is 6.92 Å². The molecule has 2 aromatic carbocycles. The summed E-state index contributed by atoms with van der Waals surface area (Å²) in [5.74, 6) is -0.191. The number of thiazole rings is 1.